The van der Waals surface area contributed by atoms with Gasteiger partial charge in [0.2, 0.25) is 0 Å². The molecule has 1 aromatic rings. The molecule has 1 aromatic heterocycles. The van der Waals surface area contributed by atoms with Gasteiger partial charge in [-0.15, -0.1) is 0 Å². The third-order valence-electron chi connectivity index (χ3n) is 4.51. The average Bonchev–Trinajstić information content (AvgIpc) is 2.49. The molecule has 3 rings (SSSR count). The van der Waals surface area contributed by atoms with E-state index >= 15 is 0 Å². The molecule has 0 radical (unpaired) electrons. The van der Waals surface area contributed by atoms with Crippen LogP contribution < -0.4 is 10.2 Å². The molecule has 2 unspecified atom stereocenters. The number of nitrogens with one attached hydrogen (secondary N) is 1. The van der Waals surface area contributed by atoms with Crippen molar-refractivity contribution in [3.05, 3.63) is 23.5 Å². The van der Waals surface area contributed by atoms with Gasteiger partial charge < -0.3 is 15.0 Å². The first-order valence-electron chi connectivity index (χ1n) is 7.78. The van der Waals surface area contributed by atoms with Crippen LogP contribution in [-0.4, -0.2) is 37.3 Å². The van der Waals surface area contributed by atoms with E-state index in [1.54, 1.807) is 0 Å². The van der Waals surface area contributed by atoms with E-state index < -0.39 is 0 Å². The summed E-state index contributed by atoms with van der Waals surface area (Å²) in [6.07, 6.45) is 7.56. The molecule has 0 aromatic carbocycles. The third-order valence-corrected chi connectivity index (χ3v) is 4.51. The van der Waals surface area contributed by atoms with Crippen LogP contribution in [0.3, 0.4) is 0 Å². The number of anilines is 1. The highest BCUT2D eigenvalue weighted by Gasteiger charge is 2.35. The first-order chi connectivity index (χ1) is 9.79. The highest BCUT2D eigenvalue weighted by molar-refractivity contribution is 5.55. The highest BCUT2D eigenvalue weighted by Crippen LogP contribution is 2.33. The Morgan fingerprint density at radius 2 is 2.25 bits per heavy atom. The second kappa shape index (κ2) is 6.10. The molecular formula is C16H25N3O. The average molecular weight is 275 g/mol. The maximum Gasteiger partial charge on any atom is 0.0779 e. The zero-order chi connectivity index (χ0) is 13.9. The molecule has 2 aliphatic rings. The molecular weight excluding hydrogens is 250 g/mol. The second-order valence-corrected chi connectivity index (χ2v) is 5.94. The first-order valence-corrected chi connectivity index (χ1v) is 7.78. The Bertz CT molecular complexity index is 461. The van der Waals surface area contributed by atoms with Gasteiger partial charge in [-0.1, -0.05) is 12.8 Å². The summed E-state index contributed by atoms with van der Waals surface area (Å²) in [7, 11) is 1.99. The summed E-state index contributed by atoms with van der Waals surface area (Å²) < 4.78 is 5.99. The van der Waals surface area contributed by atoms with Crippen LogP contribution in [0.25, 0.3) is 0 Å². The lowest BCUT2D eigenvalue weighted by Crippen LogP contribution is -2.53. The van der Waals surface area contributed by atoms with E-state index in [1.165, 1.54) is 36.9 Å². The van der Waals surface area contributed by atoms with Crippen molar-refractivity contribution in [3.63, 3.8) is 0 Å². The maximum atomic E-state index is 5.99. The molecule has 2 atom stereocenters. The lowest BCUT2D eigenvalue weighted by molar-refractivity contribution is -0.00875. The molecule has 1 aliphatic heterocycles. The van der Waals surface area contributed by atoms with Crippen LogP contribution in [0.2, 0.25) is 0 Å². The van der Waals surface area contributed by atoms with Gasteiger partial charge in [0.1, 0.15) is 0 Å². The molecule has 110 valence electrons. The number of aromatic nitrogens is 1. The number of pyridine rings is 1. The fraction of sp³-hybridized carbons (Fsp3) is 0.688. The van der Waals surface area contributed by atoms with Crippen molar-refractivity contribution in [1.29, 1.82) is 0 Å². The zero-order valence-electron chi connectivity index (χ0n) is 12.6. The van der Waals surface area contributed by atoms with E-state index in [4.69, 9.17) is 4.74 Å². The molecule has 1 aliphatic carbocycles. The topological polar surface area (TPSA) is 37.4 Å². The van der Waals surface area contributed by atoms with E-state index in [2.05, 4.69) is 28.2 Å². The van der Waals surface area contributed by atoms with Gasteiger partial charge in [0.25, 0.3) is 0 Å². The lowest BCUT2D eigenvalue weighted by Gasteiger charge is -2.45. The Balaban J connectivity index is 1.91. The van der Waals surface area contributed by atoms with Crippen molar-refractivity contribution in [2.24, 2.45) is 0 Å². The van der Waals surface area contributed by atoms with Crippen LogP contribution in [0.5, 0.6) is 0 Å². The Morgan fingerprint density at radius 3 is 3.10 bits per heavy atom. The minimum atomic E-state index is 0.424. The van der Waals surface area contributed by atoms with Gasteiger partial charge in [0, 0.05) is 36.2 Å². The number of hydrogen-bond donors (Lipinski definition) is 1. The molecule has 1 saturated carbocycles. The van der Waals surface area contributed by atoms with Crippen LogP contribution in [0.4, 0.5) is 5.69 Å². The number of ether oxygens (including phenoxy) is 1. The molecule has 2 heterocycles. The van der Waals surface area contributed by atoms with E-state index in [1.807, 2.05) is 13.2 Å². The summed E-state index contributed by atoms with van der Waals surface area (Å²) in [6, 6.07) is 2.79. The molecule has 0 amide bonds. The normalized spacial score (nSPS) is 26.4. The third kappa shape index (κ3) is 2.67. The summed E-state index contributed by atoms with van der Waals surface area (Å²) in [5.74, 6) is 0. The van der Waals surface area contributed by atoms with E-state index in [9.17, 15) is 0 Å². The number of morpholine rings is 1. The summed E-state index contributed by atoms with van der Waals surface area (Å²) in [6.45, 7) is 4.80. The van der Waals surface area contributed by atoms with E-state index in [0.717, 1.165) is 25.4 Å². The summed E-state index contributed by atoms with van der Waals surface area (Å²) >= 11 is 0. The van der Waals surface area contributed by atoms with Gasteiger partial charge in [0.15, 0.2) is 0 Å². The minimum absolute atomic E-state index is 0.424. The predicted molar refractivity (Wildman–Crippen MR) is 81.1 cm³/mol. The zero-order valence-corrected chi connectivity index (χ0v) is 12.6. The first kappa shape index (κ1) is 13.8. The molecule has 0 spiro atoms. The number of hydrogen-bond acceptors (Lipinski definition) is 4. The van der Waals surface area contributed by atoms with Crippen molar-refractivity contribution >= 4 is 5.69 Å². The second-order valence-electron chi connectivity index (χ2n) is 5.94. The SMILES string of the molecule is CNCc1cnc(C)cc1N1CCOC2CCCCC21. The Morgan fingerprint density at radius 1 is 1.40 bits per heavy atom. The van der Waals surface area contributed by atoms with Gasteiger partial charge in [0.05, 0.1) is 18.8 Å². The molecule has 0 bridgehead atoms. The van der Waals surface area contributed by atoms with Gasteiger partial charge >= 0.3 is 0 Å². The van der Waals surface area contributed by atoms with Gasteiger partial charge in [-0.2, -0.15) is 0 Å². The Kier molecular flexibility index (Phi) is 4.22. The van der Waals surface area contributed by atoms with Crippen LogP contribution >= 0.6 is 0 Å². The predicted octanol–water partition coefficient (Wildman–Crippen LogP) is 2.26. The molecule has 1 saturated heterocycles. The van der Waals surface area contributed by atoms with Crippen molar-refractivity contribution in [2.75, 3.05) is 25.1 Å². The van der Waals surface area contributed by atoms with Gasteiger partial charge in [-0.05, 0) is 32.9 Å². The largest absolute Gasteiger partial charge is 0.374 e. The summed E-state index contributed by atoms with van der Waals surface area (Å²) in [4.78, 5) is 7.04. The maximum absolute atomic E-state index is 5.99. The number of rotatable bonds is 3. The quantitative estimate of drug-likeness (QED) is 0.918. The van der Waals surface area contributed by atoms with Crippen molar-refractivity contribution < 1.29 is 4.74 Å². The monoisotopic (exact) mass is 275 g/mol. The summed E-state index contributed by atoms with van der Waals surface area (Å²) in [5.41, 5.74) is 3.75. The summed E-state index contributed by atoms with van der Waals surface area (Å²) in [5, 5.41) is 3.26. The van der Waals surface area contributed by atoms with Gasteiger partial charge in [-0.3, -0.25) is 4.98 Å². The Hall–Kier alpha value is -1.13. The molecule has 2 fully saturated rings. The van der Waals surface area contributed by atoms with Crippen LogP contribution in [-0.2, 0) is 11.3 Å². The standard InChI is InChI=1S/C16H25N3O/c1-12-9-15(13(10-17-2)11-18-12)19-7-8-20-16-6-4-3-5-14(16)19/h9,11,14,16-17H,3-8,10H2,1-2H3. The molecule has 4 nitrogen and oxygen atoms in total. The van der Waals surface area contributed by atoms with E-state index in [0.29, 0.717) is 12.1 Å². The van der Waals surface area contributed by atoms with Crippen LogP contribution in [0.1, 0.15) is 36.9 Å². The highest BCUT2D eigenvalue weighted by atomic mass is 16.5. The van der Waals surface area contributed by atoms with Gasteiger partial charge in [-0.25, -0.2) is 0 Å². The van der Waals surface area contributed by atoms with Crippen LogP contribution in [0, 0.1) is 6.92 Å². The lowest BCUT2D eigenvalue weighted by atomic mass is 9.89. The fourth-order valence-corrected chi connectivity index (χ4v) is 3.56. The molecule has 1 N–H and O–H groups in total. The molecule has 20 heavy (non-hydrogen) atoms. The minimum Gasteiger partial charge on any atom is -0.374 e. The Labute approximate surface area is 121 Å². The number of fused-ring (bicyclic) bond motifs is 1. The molecule has 4 heteroatoms. The number of nitrogens with zero attached hydrogens (tertiary/aromatic N) is 2. The van der Waals surface area contributed by atoms with Crippen LogP contribution in [0.15, 0.2) is 12.3 Å². The number of aryl methyl sites for hydroxylation is 1. The van der Waals surface area contributed by atoms with Crippen molar-refractivity contribution in [3.8, 4) is 0 Å². The fourth-order valence-electron chi connectivity index (χ4n) is 3.56. The smallest absolute Gasteiger partial charge is 0.0779 e. The van der Waals surface area contributed by atoms with Crippen molar-refractivity contribution in [1.82, 2.24) is 10.3 Å². The van der Waals surface area contributed by atoms with Crippen molar-refractivity contribution in [2.45, 2.75) is 51.3 Å². The van der Waals surface area contributed by atoms with E-state index in [-0.39, 0.29) is 0 Å².